The highest BCUT2D eigenvalue weighted by molar-refractivity contribution is 5.85. The third-order valence-corrected chi connectivity index (χ3v) is 3.74. The van der Waals surface area contributed by atoms with E-state index in [9.17, 15) is 0 Å². The molecule has 18 heavy (non-hydrogen) atoms. The molecule has 1 unspecified atom stereocenters. The van der Waals surface area contributed by atoms with Gasteiger partial charge in [-0.3, -0.25) is 0 Å². The van der Waals surface area contributed by atoms with Crippen LogP contribution < -0.4 is 5.32 Å². The third kappa shape index (κ3) is 3.14. The second-order valence-electron chi connectivity index (χ2n) is 4.77. The van der Waals surface area contributed by atoms with Crippen LogP contribution in [0.1, 0.15) is 24.8 Å². The molecule has 5 heteroatoms. The molecule has 1 aliphatic heterocycles. The van der Waals surface area contributed by atoms with E-state index in [-0.39, 0.29) is 24.8 Å². The van der Waals surface area contributed by atoms with Crippen LogP contribution in [0.25, 0.3) is 0 Å². The van der Waals surface area contributed by atoms with Crippen molar-refractivity contribution >= 4 is 24.8 Å². The van der Waals surface area contributed by atoms with Crippen LogP contribution >= 0.6 is 24.8 Å². The molecule has 1 atom stereocenters. The Morgan fingerprint density at radius 2 is 1.83 bits per heavy atom. The van der Waals surface area contributed by atoms with E-state index < -0.39 is 0 Å². The van der Waals surface area contributed by atoms with Gasteiger partial charge in [0.1, 0.15) is 6.33 Å². The topological polar surface area (TPSA) is 37.8 Å². The summed E-state index contributed by atoms with van der Waals surface area (Å²) in [6.07, 6.45) is 8.95. The number of aromatic nitrogens is 2. The van der Waals surface area contributed by atoms with Gasteiger partial charge in [0, 0.05) is 18.3 Å². The van der Waals surface area contributed by atoms with Gasteiger partial charge < -0.3 is 5.32 Å². The van der Waals surface area contributed by atoms with Gasteiger partial charge >= 0.3 is 0 Å². The van der Waals surface area contributed by atoms with E-state index in [2.05, 4.69) is 27.1 Å². The van der Waals surface area contributed by atoms with Crippen LogP contribution in [0.2, 0.25) is 0 Å². The average Bonchev–Trinajstić information content (AvgIpc) is 3.01. The third-order valence-electron chi connectivity index (χ3n) is 3.74. The molecule has 1 spiro atoms. The van der Waals surface area contributed by atoms with Crippen LogP contribution in [-0.4, -0.2) is 23.1 Å². The molecular formula is C13H17Cl2N3. The van der Waals surface area contributed by atoms with Crippen molar-refractivity contribution in [3.8, 4) is 11.8 Å². The molecule has 0 bridgehead atoms. The first-order valence-corrected chi connectivity index (χ1v) is 5.86. The molecule has 0 aromatic carbocycles. The molecule has 1 aromatic rings. The van der Waals surface area contributed by atoms with Crippen molar-refractivity contribution in [1.29, 1.82) is 0 Å². The van der Waals surface area contributed by atoms with Gasteiger partial charge in [-0.25, -0.2) is 9.97 Å². The van der Waals surface area contributed by atoms with Crippen LogP contribution in [0.3, 0.4) is 0 Å². The fourth-order valence-corrected chi connectivity index (χ4v) is 2.56. The van der Waals surface area contributed by atoms with E-state index in [1.54, 1.807) is 12.4 Å². The van der Waals surface area contributed by atoms with Crippen molar-refractivity contribution in [2.45, 2.75) is 19.3 Å². The summed E-state index contributed by atoms with van der Waals surface area (Å²) in [5.74, 6) is 7.16. The normalized spacial score (nSPS) is 23.0. The predicted molar refractivity (Wildman–Crippen MR) is 76.0 cm³/mol. The lowest BCUT2D eigenvalue weighted by molar-refractivity contribution is 0.339. The number of nitrogens with one attached hydrogen (secondary N) is 1. The fraction of sp³-hybridized carbons (Fsp3) is 0.538. The molecular weight excluding hydrogens is 269 g/mol. The second kappa shape index (κ2) is 6.38. The molecule has 1 saturated carbocycles. The minimum atomic E-state index is 0. The van der Waals surface area contributed by atoms with Crippen LogP contribution in [0, 0.1) is 23.2 Å². The summed E-state index contributed by atoms with van der Waals surface area (Å²) in [7, 11) is 0. The minimum Gasteiger partial charge on any atom is -0.317 e. The Bertz CT molecular complexity index is 433. The van der Waals surface area contributed by atoms with Gasteiger partial charge in [0.05, 0.1) is 5.56 Å². The zero-order chi connectivity index (χ0) is 10.8. The lowest BCUT2D eigenvalue weighted by Crippen LogP contribution is -2.29. The van der Waals surface area contributed by atoms with Crippen molar-refractivity contribution in [2.75, 3.05) is 13.1 Å². The summed E-state index contributed by atoms with van der Waals surface area (Å²) in [6.45, 7) is 2.32. The van der Waals surface area contributed by atoms with Gasteiger partial charge in [0.15, 0.2) is 0 Å². The van der Waals surface area contributed by atoms with Crippen LogP contribution in [0.4, 0.5) is 0 Å². The summed E-state index contributed by atoms with van der Waals surface area (Å²) in [4.78, 5) is 7.93. The largest absolute Gasteiger partial charge is 0.317 e. The minimum absolute atomic E-state index is 0. The summed E-state index contributed by atoms with van der Waals surface area (Å²) in [5.41, 5.74) is 1.48. The van der Waals surface area contributed by atoms with Gasteiger partial charge in [-0.05, 0) is 37.8 Å². The number of rotatable bonds is 0. The van der Waals surface area contributed by atoms with Crippen LogP contribution in [0.15, 0.2) is 18.7 Å². The van der Waals surface area contributed by atoms with Crippen molar-refractivity contribution in [2.24, 2.45) is 11.3 Å². The second-order valence-corrected chi connectivity index (χ2v) is 4.77. The Hall–Kier alpha value is -0.820. The number of piperidine rings is 1. The predicted octanol–water partition coefficient (Wildman–Crippen LogP) is 2.06. The van der Waals surface area contributed by atoms with Crippen molar-refractivity contribution in [3.63, 3.8) is 0 Å². The lowest BCUT2D eigenvalue weighted by Gasteiger charge is -2.22. The van der Waals surface area contributed by atoms with Crippen molar-refractivity contribution in [1.82, 2.24) is 15.3 Å². The van der Waals surface area contributed by atoms with E-state index in [1.807, 2.05) is 0 Å². The summed E-state index contributed by atoms with van der Waals surface area (Å²) < 4.78 is 0. The number of nitrogens with zero attached hydrogens (tertiary/aromatic N) is 2. The molecule has 0 amide bonds. The summed E-state index contributed by atoms with van der Waals surface area (Å²) >= 11 is 0. The first-order valence-electron chi connectivity index (χ1n) is 5.86. The molecule has 1 aromatic heterocycles. The van der Waals surface area contributed by atoms with Crippen molar-refractivity contribution < 1.29 is 0 Å². The number of halogens is 2. The van der Waals surface area contributed by atoms with Crippen LogP contribution in [-0.2, 0) is 0 Å². The van der Waals surface area contributed by atoms with Gasteiger partial charge in [-0.15, -0.1) is 24.8 Å². The van der Waals surface area contributed by atoms with Gasteiger partial charge in [-0.2, -0.15) is 0 Å². The van der Waals surface area contributed by atoms with E-state index in [0.29, 0.717) is 11.3 Å². The quantitative estimate of drug-likeness (QED) is 0.742. The molecule has 2 heterocycles. The van der Waals surface area contributed by atoms with E-state index >= 15 is 0 Å². The molecule has 2 aliphatic rings. The highest BCUT2D eigenvalue weighted by Gasteiger charge is 2.52. The monoisotopic (exact) mass is 285 g/mol. The van der Waals surface area contributed by atoms with E-state index in [1.165, 1.54) is 25.6 Å². The fourth-order valence-electron chi connectivity index (χ4n) is 2.56. The van der Waals surface area contributed by atoms with Crippen LogP contribution in [0.5, 0.6) is 0 Å². The smallest absolute Gasteiger partial charge is 0.115 e. The number of hydrogen-bond donors (Lipinski definition) is 1. The number of hydrogen-bond acceptors (Lipinski definition) is 3. The van der Waals surface area contributed by atoms with Gasteiger partial charge in [-0.1, -0.05) is 11.8 Å². The Labute approximate surface area is 120 Å². The Morgan fingerprint density at radius 3 is 2.50 bits per heavy atom. The maximum absolute atomic E-state index is 3.96. The molecule has 98 valence electrons. The highest BCUT2D eigenvalue weighted by atomic mass is 35.5. The Balaban J connectivity index is 0.000000810. The summed E-state index contributed by atoms with van der Waals surface area (Å²) in [6, 6.07) is 0. The molecule has 0 radical (unpaired) electrons. The molecule has 3 nitrogen and oxygen atoms in total. The molecule has 1 N–H and O–H groups in total. The Kier molecular flexibility index (Phi) is 5.40. The maximum atomic E-state index is 3.96. The molecule has 2 fully saturated rings. The van der Waals surface area contributed by atoms with Gasteiger partial charge in [0.25, 0.3) is 0 Å². The SMILES string of the molecule is C(#CC1CC12CCNCC2)c1cncnc1.Cl.Cl. The van der Waals surface area contributed by atoms with Crippen molar-refractivity contribution in [3.05, 3.63) is 24.3 Å². The zero-order valence-electron chi connectivity index (χ0n) is 10.1. The van der Waals surface area contributed by atoms with E-state index in [0.717, 1.165) is 18.7 Å². The summed E-state index contributed by atoms with van der Waals surface area (Å²) in [5, 5.41) is 3.41. The zero-order valence-corrected chi connectivity index (χ0v) is 11.7. The highest BCUT2D eigenvalue weighted by Crippen LogP contribution is 2.58. The first kappa shape index (κ1) is 15.2. The van der Waals surface area contributed by atoms with Gasteiger partial charge in [0.2, 0.25) is 0 Å². The molecule has 1 aliphatic carbocycles. The van der Waals surface area contributed by atoms with E-state index in [4.69, 9.17) is 0 Å². The average molecular weight is 286 g/mol. The maximum Gasteiger partial charge on any atom is 0.115 e. The molecule has 1 saturated heterocycles. The first-order chi connectivity index (χ1) is 7.89. The molecule has 3 rings (SSSR count). The standard InChI is InChI=1S/C13H15N3.2ClH/c1(11-8-15-10-16-9-11)2-12-7-13(12)3-5-14-6-4-13;;/h8-10,12,14H,3-7H2;2*1H. The lowest BCUT2D eigenvalue weighted by atomic mass is 9.92. The Morgan fingerprint density at radius 1 is 1.17 bits per heavy atom.